The number of aromatic nitrogens is 2. The van der Waals surface area contributed by atoms with E-state index in [1.807, 2.05) is 6.07 Å². The van der Waals surface area contributed by atoms with E-state index < -0.39 is 5.97 Å². The van der Waals surface area contributed by atoms with Crippen LogP contribution in [-0.2, 0) is 9.53 Å². The number of fused-ring (bicyclic) bond motifs is 1. The van der Waals surface area contributed by atoms with Gasteiger partial charge in [0.2, 0.25) is 0 Å². The van der Waals surface area contributed by atoms with Gasteiger partial charge in [0.15, 0.2) is 6.61 Å². The second-order valence-electron chi connectivity index (χ2n) is 3.27. The molecule has 0 saturated carbocycles. The lowest BCUT2D eigenvalue weighted by atomic mass is 10.3. The Balaban J connectivity index is 2.16. The Bertz CT molecular complexity index is 523. The van der Waals surface area contributed by atoms with Gasteiger partial charge in [-0.25, -0.2) is 9.78 Å². The van der Waals surface area contributed by atoms with E-state index in [2.05, 4.69) is 9.97 Å². The highest BCUT2D eigenvalue weighted by Gasteiger charge is 2.07. The minimum absolute atomic E-state index is 0.122. The van der Waals surface area contributed by atoms with E-state index in [9.17, 15) is 4.79 Å². The molecule has 1 aromatic heterocycles. The van der Waals surface area contributed by atoms with Gasteiger partial charge in [0.05, 0.1) is 12.1 Å². The highest BCUT2D eigenvalue weighted by atomic mass is 16.6. The summed E-state index contributed by atoms with van der Waals surface area (Å²) in [4.78, 5) is 19.5. The lowest BCUT2D eigenvalue weighted by Crippen LogP contribution is -2.14. The van der Waals surface area contributed by atoms with Crippen LogP contribution >= 0.6 is 0 Å². The fourth-order valence-electron chi connectivity index (χ4n) is 1.42. The van der Waals surface area contributed by atoms with E-state index in [0.717, 1.165) is 5.52 Å². The van der Waals surface area contributed by atoms with Gasteiger partial charge in [0, 0.05) is 12.4 Å². The Morgan fingerprint density at radius 2 is 2.12 bits per heavy atom. The van der Waals surface area contributed by atoms with E-state index in [0.29, 0.717) is 17.9 Å². The number of para-hydroxylation sites is 1. The number of hydrogen-bond donors (Lipinski definition) is 0. The molecule has 0 amide bonds. The zero-order valence-electron chi connectivity index (χ0n) is 9.42. The molecule has 5 nitrogen and oxygen atoms in total. The molecule has 2 aromatic rings. The number of carbonyl (C=O) groups is 1. The first-order valence-corrected chi connectivity index (χ1v) is 5.29. The first-order valence-electron chi connectivity index (χ1n) is 5.29. The number of nitrogens with zero attached hydrogens (tertiary/aromatic N) is 2. The standard InChI is InChI=1S/C12H12N2O3/c1-2-16-11(15)8-17-10-5-3-4-9-12(10)14-7-6-13-9/h3-7H,2,8H2,1H3. The Kier molecular flexibility index (Phi) is 3.49. The molecule has 0 unspecified atom stereocenters. The minimum Gasteiger partial charge on any atom is -0.480 e. The van der Waals surface area contributed by atoms with Crippen LogP contribution in [-0.4, -0.2) is 29.2 Å². The summed E-state index contributed by atoms with van der Waals surface area (Å²) in [5, 5.41) is 0. The van der Waals surface area contributed by atoms with Crippen LogP contribution in [0.2, 0.25) is 0 Å². The zero-order chi connectivity index (χ0) is 12.1. The van der Waals surface area contributed by atoms with Crippen LogP contribution in [0.15, 0.2) is 30.6 Å². The highest BCUT2D eigenvalue weighted by molar-refractivity contribution is 5.81. The molecule has 0 spiro atoms. The number of carbonyl (C=O) groups excluding carboxylic acids is 1. The third-order valence-electron chi connectivity index (χ3n) is 2.11. The molecule has 0 fully saturated rings. The topological polar surface area (TPSA) is 61.3 Å². The average molecular weight is 232 g/mol. The van der Waals surface area contributed by atoms with E-state index >= 15 is 0 Å². The van der Waals surface area contributed by atoms with Crippen molar-refractivity contribution in [2.75, 3.05) is 13.2 Å². The lowest BCUT2D eigenvalue weighted by molar-refractivity contribution is -0.145. The number of benzene rings is 1. The SMILES string of the molecule is CCOC(=O)COc1cccc2nccnc12. The molecule has 0 bridgehead atoms. The first-order chi connectivity index (χ1) is 8.31. The highest BCUT2D eigenvalue weighted by Crippen LogP contribution is 2.21. The van der Waals surface area contributed by atoms with Gasteiger partial charge in [-0.3, -0.25) is 4.98 Å². The van der Waals surface area contributed by atoms with Crippen molar-refractivity contribution >= 4 is 17.0 Å². The molecule has 0 atom stereocenters. The molecule has 1 heterocycles. The van der Waals surface area contributed by atoms with Gasteiger partial charge in [0.25, 0.3) is 0 Å². The summed E-state index contributed by atoms with van der Waals surface area (Å²) in [7, 11) is 0. The third kappa shape index (κ3) is 2.69. The summed E-state index contributed by atoms with van der Waals surface area (Å²) in [6.45, 7) is 1.97. The number of hydrogen-bond acceptors (Lipinski definition) is 5. The van der Waals surface area contributed by atoms with Crippen LogP contribution in [0.3, 0.4) is 0 Å². The van der Waals surface area contributed by atoms with Crippen LogP contribution in [0.25, 0.3) is 11.0 Å². The first kappa shape index (κ1) is 11.3. The fraction of sp³-hybridized carbons (Fsp3) is 0.250. The summed E-state index contributed by atoms with van der Waals surface area (Å²) in [5.74, 6) is 0.136. The summed E-state index contributed by atoms with van der Waals surface area (Å²) in [6.07, 6.45) is 3.19. The lowest BCUT2D eigenvalue weighted by Gasteiger charge is -2.07. The molecular weight excluding hydrogens is 220 g/mol. The fourth-order valence-corrected chi connectivity index (χ4v) is 1.42. The molecule has 88 valence electrons. The van der Waals surface area contributed by atoms with E-state index in [4.69, 9.17) is 9.47 Å². The van der Waals surface area contributed by atoms with E-state index in [1.54, 1.807) is 31.5 Å². The largest absolute Gasteiger partial charge is 0.480 e. The van der Waals surface area contributed by atoms with Gasteiger partial charge in [-0.15, -0.1) is 0 Å². The summed E-state index contributed by atoms with van der Waals surface area (Å²) in [6, 6.07) is 5.38. The molecule has 0 aliphatic rings. The summed E-state index contributed by atoms with van der Waals surface area (Å²) >= 11 is 0. The van der Waals surface area contributed by atoms with Crippen molar-refractivity contribution in [2.45, 2.75) is 6.92 Å². The van der Waals surface area contributed by atoms with E-state index in [1.165, 1.54) is 0 Å². The average Bonchev–Trinajstić information content (AvgIpc) is 2.36. The molecule has 5 heteroatoms. The van der Waals surface area contributed by atoms with Crippen molar-refractivity contribution in [2.24, 2.45) is 0 Å². The molecule has 0 aliphatic heterocycles. The molecule has 1 aromatic carbocycles. The van der Waals surface area contributed by atoms with Crippen LogP contribution in [0, 0.1) is 0 Å². The van der Waals surface area contributed by atoms with Gasteiger partial charge in [0.1, 0.15) is 11.3 Å². The second-order valence-corrected chi connectivity index (χ2v) is 3.27. The Labute approximate surface area is 98.4 Å². The molecule has 2 rings (SSSR count). The molecule has 0 radical (unpaired) electrons. The van der Waals surface area contributed by atoms with Crippen molar-refractivity contribution in [1.29, 1.82) is 0 Å². The quantitative estimate of drug-likeness (QED) is 0.749. The molecule has 0 aliphatic carbocycles. The third-order valence-corrected chi connectivity index (χ3v) is 2.11. The van der Waals surface area contributed by atoms with Crippen molar-refractivity contribution < 1.29 is 14.3 Å². The normalized spacial score (nSPS) is 10.2. The Morgan fingerprint density at radius 3 is 2.94 bits per heavy atom. The van der Waals surface area contributed by atoms with Gasteiger partial charge >= 0.3 is 5.97 Å². The smallest absolute Gasteiger partial charge is 0.344 e. The molecule has 0 N–H and O–H groups in total. The zero-order valence-corrected chi connectivity index (χ0v) is 9.42. The van der Waals surface area contributed by atoms with Crippen LogP contribution < -0.4 is 4.74 Å². The van der Waals surface area contributed by atoms with E-state index in [-0.39, 0.29) is 6.61 Å². The molecule has 17 heavy (non-hydrogen) atoms. The molecule has 0 saturated heterocycles. The maximum atomic E-state index is 11.2. The second kappa shape index (κ2) is 5.25. The van der Waals surface area contributed by atoms with Gasteiger partial charge < -0.3 is 9.47 Å². The van der Waals surface area contributed by atoms with Gasteiger partial charge in [-0.1, -0.05) is 6.07 Å². The van der Waals surface area contributed by atoms with Crippen LogP contribution in [0.4, 0.5) is 0 Å². The Hall–Kier alpha value is -2.17. The van der Waals surface area contributed by atoms with Crippen molar-refractivity contribution in [3.05, 3.63) is 30.6 Å². The monoisotopic (exact) mass is 232 g/mol. The Morgan fingerprint density at radius 1 is 1.29 bits per heavy atom. The minimum atomic E-state index is -0.395. The predicted octanol–water partition coefficient (Wildman–Crippen LogP) is 1.57. The van der Waals surface area contributed by atoms with Crippen molar-refractivity contribution in [3.63, 3.8) is 0 Å². The maximum absolute atomic E-state index is 11.2. The summed E-state index contributed by atoms with van der Waals surface area (Å²) in [5.41, 5.74) is 1.37. The number of ether oxygens (including phenoxy) is 2. The van der Waals surface area contributed by atoms with Crippen LogP contribution in [0.1, 0.15) is 6.92 Å². The summed E-state index contributed by atoms with van der Waals surface area (Å²) < 4.78 is 10.1. The molecular formula is C12H12N2O3. The maximum Gasteiger partial charge on any atom is 0.344 e. The van der Waals surface area contributed by atoms with Gasteiger partial charge in [-0.2, -0.15) is 0 Å². The van der Waals surface area contributed by atoms with Crippen molar-refractivity contribution in [3.8, 4) is 5.75 Å². The number of esters is 1. The number of rotatable bonds is 4. The van der Waals surface area contributed by atoms with Crippen molar-refractivity contribution in [1.82, 2.24) is 9.97 Å². The van der Waals surface area contributed by atoms with Gasteiger partial charge in [-0.05, 0) is 19.1 Å². The predicted molar refractivity (Wildman–Crippen MR) is 61.7 cm³/mol. The van der Waals surface area contributed by atoms with Crippen LogP contribution in [0.5, 0.6) is 5.75 Å².